The number of rotatable bonds is 0. The summed E-state index contributed by atoms with van der Waals surface area (Å²) in [4.78, 5) is 36.2. The van der Waals surface area contributed by atoms with Gasteiger partial charge in [0.05, 0.1) is 50.3 Å². The maximum absolute atomic E-state index is 13.2. The van der Waals surface area contributed by atoms with Gasteiger partial charge in [-0.25, -0.2) is 0 Å². The number of anilines is 2. The summed E-state index contributed by atoms with van der Waals surface area (Å²) in [7, 11) is -4.67. The Morgan fingerprint density at radius 1 is 0.617 bits per heavy atom. The third kappa shape index (κ3) is 5.60. The van der Waals surface area contributed by atoms with Gasteiger partial charge in [-0.1, -0.05) is 59.7 Å². The molecule has 328 valence electrons. The molecule has 12 aliphatic rings. The average molecular weight is 857 g/mol. The molecule has 18 heteroatoms. The number of fused-ring (bicyclic) bond motifs is 4. The number of carbonyl (C=O) groups excluding carboxylic acids is 2. The van der Waals surface area contributed by atoms with Crippen molar-refractivity contribution in [2.45, 2.75) is 85.7 Å². The lowest BCUT2D eigenvalue weighted by Crippen LogP contribution is -2.69. The number of hydrogen-bond donors (Lipinski definition) is 2. The van der Waals surface area contributed by atoms with E-state index in [4.69, 9.17) is 27.0 Å². The number of hydrogen-bond acceptors (Lipinski definition) is 8. The van der Waals surface area contributed by atoms with E-state index in [1.807, 2.05) is 0 Å². The predicted octanol–water partition coefficient (Wildman–Crippen LogP) is -0.591. The highest BCUT2D eigenvalue weighted by molar-refractivity contribution is 7.79. The van der Waals surface area contributed by atoms with Crippen LogP contribution in [-0.2, 0) is 40.3 Å². The molecule has 12 atom stereocenters. The van der Waals surface area contributed by atoms with Crippen molar-refractivity contribution in [2.75, 3.05) is 49.2 Å². The van der Waals surface area contributed by atoms with Crippen LogP contribution in [0.25, 0.3) is 0 Å². The Morgan fingerprint density at radius 2 is 1.00 bits per heavy atom. The molecular weight excluding hydrogens is 801 g/mol. The summed E-state index contributed by atoms with van der Waals surface area (Å²) in [5.74, 6) is 2.70. The van der Waals surface area contributed by atoms with E-state index in [1.165, 1.54) is 61.3 Å². The van der Waals surface area contributed by atoms with Gasteiger partial charge in [0, 0.05) is 59.2 Å². The molecule has 60 heavy (non-hydrogen) atoms. The smallest absolute Gasteiger partial charge is 0.394 e. The van der Waals surface area contributed by atoms with Crippen LogP contribution in [-0.4, -0.2) is 142 Å². The van der Waals surface area contributed by atoms with Gasteiger partial charge in [0.2, 0.25) is 11.8 Å². The van der Waals surface area contributed by atoms with Crippen molar-refractivity contribution < 1.29 is 64.0 Å². The zero-order valence-electron chi connectivity index (χ0n) is 33.1. The van der Waals surface area contributed by atoms with E-state index in [2.05, 4.69) is 80.3 Å². The standard InChI is InChI=1S/2C21H22N2O2.H2O4S.5H2O/c2*24-18-10-16-19-13-9-17-21(6-7-22(17)11-12(13)5-8-25-16)14-3-1-2-4-15(14)23(18)20(19)21;1-5(2,3)4;;;;;/h2*1-5,13,16-17,19-20H,6-11H2;(H2,1,2,3,4);5*1H2. The summed E-state index contributed by atoms with van der Waals surface area (Å²) in [6, 6.07) is 19.3. The summed E-state index contributed by atoms with van der Waals surface area (Å²) >= 11 is 0. The van der Waals surface area contributed by atoms with Crippen LogP contribution in [0.4, 0.5) is 11.4 Å². The number of piperidine rings is 4. The van der Waals surface area contributed by atoms with Crippen LogP contribution >= 0.6 is 0 Å². The van der Waals surface area contributed by atoms with Crippen molar-refractivity contribution in [3.05, 3.63) is 83.0 Å². The van der Waals surface area contributed by atoms with Gasteiger partial charge in [-0.05, 0) is 73.9 Å². The molecule has 2 spiro atoms. The molecule has 10 aliphatic heterocycles. The van der Waals surface area contributed by atoms with Crippen molar-refractivity contribution in [2.24, 2.45) is 23.7 Å². The molecule has 6 saturated heterocycles. The molecule has 2 aromatic rings. The van der Waals surface area contributed by atoms with E-state index < -0.39 is 10.4 Å². The summed E-state index contributed by atoms with van der Waals surface area (Å²) in [6.45, 7) is 5.94. The second kappa shape index (κ2) is 15.0. The Morgan fingerprint density at radius 3 is 1.40 bits per heavy atom. The van der Waals surface area contributed by atoms with Gasteiger partial charge in [0.15, 0.2) is 0 Å². The fraction of sp³-hybridized carbons (Fsp3) is 0.571. The molecule has 8 fully saturated rings. The maximum Gasteiger partial charge on any atom is 0.394 e. The highest BCUT2D eigenvalue weighted by Crippen LogP contribution is 2.67. The zero-order chi connectivity index (χ0) is 37.2. The quantitative estimate of drug-likeness (QED) is 0.251. The lowest BCUT2D eigenvalue weighted by Gasteiger charge is -2.58. The number of carbonyl (C=O) groups is 2. The Kier molecular flexibility index (Phi) is 11.1. The van der Waals surface area contributed by atoms with Gasteiger partial charge < -0.3 is 46.7 Å². The van der Waals surface area contributed by atoms with Crippen molar-refractivity contribution in [1.82, 2.24) is 9.80 Å². The molecule has 2 saturated carbocycles. The molecule has 12 unspecified atom stereocenters. The van der Waals surface area contributed by atoms with Gasteiger partial charge >= 0.3 is 10.4 Å². The third-order valence-electron chi connectivity index (χ3n) is 16.4. The first-order chi connectivity index (χ1) is 26.6. The van der Waals surface area contributed by atoms with E-state index in [9.17, 15) is 9.59 Å². The second-order valence-electron chi connectivity index (χ2n) is 18.0. The van der Waals surface area contributed by atoms with Gasteiger partial charge in [-0.3, -0.25) is 28.5 Å². The topological polar surface area (TPSA) is 298 Å². The fourth-order valence-corrected chi connectivity index (χ4v) is 15.0. The molecule has 0 radical (unpaired) electrons. The third-order valence-corrected chi connectivity index (χ3v) is 16.4. The molecule has 2 aliphatic carbocycles. The number of benzene rings is 2. The minimum absolute atomic E-state index is 0. The van der Waals surface area contributed by atoms with Crippen LogP contribution < -0.4 is 9.80 Å². The molecule has 12 N–H and O–H groups in total. The Bertz CT molecular complexity index is 2090. The number of ether oxygens (including phenoxy) is 2. The molecule has 4 bridgehead atoms. The van der Waals surface area contributed by atoms with Crippen molar-refractivity contribution in [3.8, 4) is 0 Å². The van der Waals surface area contributed by atoms with E-state index in [-0.39, 0.29) is 62.2 Å². The van der Waals surface area contributed by atoms with Crippen molar-refractivity contribution in [1.29, 1.82) is 0 Å². The number of amides is 2. The van der Waals surface area contributed by atoms with Crippen molar-refractivity contribution >= 4 is 33.6 Å². The monoisotopic (exact) mass is 856 g/mol. The normalized spacial score (nSPS) is 39.2. The Labute approximate surface area is 348 Å². The van der Waals surface area contributed by atoms with E-state index in [0.717, 1.165) is 13.1 Å². The molecule has 14 rings (SSSR count). The fourth-order valence-electron chi connectivity index (χ4n) is 15.0. The minimum Gasteiger partial charge on any atom is -0.412 e. The van der Waals surface area contributed by atoms with Crippen LogP contribution in [0, 0.1) is 23.7 Å². The van der Waals surface area contributed by atoms with Gasteiger partial charge in [-0.15, -0.1) is 0 Å². The molecule has 2 amide bonds. The minimum atomic E-state index is -4.67. The lowest BCUT2D eigenvalue weighted by molar-refractivity contribution is -0.133. The number of nitrogens with zero attached hydrogens (tertiary/aromatic N) is 4. The summed E-state index contributed by atoms with van der Waals surface area (Å²) in [5.41, 5.74) is 8.71. The maximum atomic E-state index is 13.2. The van der Waals surface area contributed by atoms with E-state index in [1.54, 1.807) is 11.1 Å². The van der Waals surface area contributed by atoms with E-state index in [0.29, 0.717) is 73.9 Å². The van der Waals surface area contributed by atoms with Crippen LogP contribution in [0.2, 0.25) is 0 Å². The van der Waals surface area contributed by atoms with E-state index >= 15 is 0 Å². The highest BCUT2D eigenvalue weighted by atomic mass is 32.3. The Balaban J connectivity index is 0.000000152. The molecule has 10 heterocycles. The lowest BCUT2D eigenvalue weighted by atomic mass is 9.53. The number of para-hydroxylation sites is 2. The Hall–Kier alpha value is -3.63. The molecule has 17 nitrogen and oxygen atoms in total. The first-order valence-corrected chi connectivity index (χ1v) is 21.6. The van der Waals surface area contributed by atoms with Crippen LogP contribution in [0.3, 0.4) is 0 Å². The van der Waals surface area contributed by atoms with Crippen LogP contribution in [0.5, 0.6) is 0 Å². The van der Waals surface area contributed by atoms with Gasteiger partial charge in [0.25, 0.3) is 0 Å². The van der Waals surface area contributed by atoms with Crippen LogP contribution in [0.1, 0.15) is 49.7 Å². The second-order valence-corrected chi connectivity index (χ2v) is 18.9. The molecular formula is C42H56N4O13S. The largest absolute Gasteiger partial charge is 0.412 e. The first-order valence-electron chi connectivity index (χ1n) is 20.2. The SMILES string of the molecule is O.O.O.O.O.O=C1CC2OCC=C3CN4CCC56c7ccccc7N1C5C2C3CC46.O=C1CC2OCC=C3CN4CCC56c7ccccc7N1C5C2C3CC46.O=S(=O)(O)O. The van der Waals surface area contributed by atoms with Gasteiger partial charge in [-0.2, -0.15) is 8.42 Å². The van der Waals surface area contributed by atoms with Gasteiger partial charge in [0.1, 0.15) is 0 Å². The summed E-state index contributed by atoms with van der Waals surface area (Å²) in [6.07, 6.45) is 10.9. The van der Waals surface area contributed by atoms with Crippen molar-refractivity contribution in [3.63, 3.8) is 0 Å². The van der Waals surface area contributed by atoms with Crippen LogP contribution in [0.15, 0.2) is 71.8 Å². The summed E-state index contributed by atoms with van der Waals surface area (Å²) < 4.78 is 44.1. The molecule has 0 aromatic heterocycles. The first kappa shape index (κ1) is 44.4. The highest BCUT2D eigenvalue weighted by Gasteiger charge is 2.72. The summed E-state index contributed by atoms with van der Waals surface area (Å²) in [5, 5.41) is 0. The molecule has 2 aromatic carbocycles. The predicted molar refractivity (Wildman–Crippen MR) is 219 cm³/mol. The zero-order valence-corrected chi connectivity index (χ0v) is 33.9. The average Bonchev–Trinajstić information content (AvgIpc) is 3.84.